The molecule has 6 heteroatoms. The first-order valence-electron chi connectivity index (χ1n) is 7.96. The monoisotopic (exact) mass is 328 g/mol. The molecule has 0 radical (unpaired) electrons. The molecule has 0 bridgehead atoms. The molecule has 0 saturated heterocycles. The van der Waals surface area contributed by atoms with Crippen LogP contribution in [0.1, 0.15) is 52.9 Å². The largest absolute Gasteiger partial charge is 0.498 e. The Labute approximate surface area is 137 Å². The van der Waals surface area contributed by atoms with Crippen LogP contribution < -0.4 is 0 Å². The van der Waals surface area contributed by atoms with E-state index >= 15 is 0 Å². The van der Waals surface area contributed by atoms with E-state index in [2.05, 4.69) is 0 Å². The molecule has 0 aromatic heterocycles. The predicted molar refractivity (Wildman–Crippen MR) is 84.9 cm³/mol. The molecule has 0 aromatic rings. The van der Waals surface area contributed by atoms with Crippen LogP contribution in [0.5, 0.6) is 0 Å². The molecule has 6 nitrogen and oxygen atoms in total. The Morgan fingerprint density at radius 3 is 2.26 bits per heavy atom. The summed E-state index contributed by atoms with van der Waals surface area (Å²) in [5, 5.41) is 9.60. The Kier molecular flexibility index (Phi) is 7.06. The van der Waals surface area contributed by atoms with Crippen molar-refractivity contribution < 1.29 is 28.9 Å². The molecule has 1 rings (SSSR count). The van der Waals surface area contributed by atoms with Crippen molar-refractivity contribution in [3.05, 3.63) is 11.8 Å². The molecule has 0 atom stereocenters. The van der Waals surface area contributed by atoms with Gasteiger partial charge in [0.15, 0.2) is 0 Å². The maximum Gasteiger partial charge on any atom is 0.337 e. The van der Waals surface area contributed by atoms with Gasteiger partial charge >= 0.3 is 11.9 Å². The van der Waals surface area contributed by atoms with Crippen molar-refractivity contribution in [2.75, 3.05) is 20.3 Å². The van der Waals surface area contributed by atoms with Crippen molar-refractivity contribution >= 4 is 11.9 Å². The van der Waals surface area contributed by atoms with Crippen LogP contribution in [0.25, 0.3) is 0 Å². The van der Waals surface area contributed by atoms with Crippen LogP contribution in [0, 0.1) is 5.41 Å². The lowest BCUT2D eigenvalue weighted by molar-refractivity contribution is -0.152. The molecule has 132 valence electrons. The Balaban J connectivity index is 2.89. The first-order chi connectivity index (χ1) is 10.7. The summed E-state index contributed by atoms with van der Waals surface area (Å²) in [6, 6.07) is 0. The van der Waals surface area contributed by atoms with E-state index in [9.17, 15) is 14.7 Å². The summed E-state index contributed by atoms with van der Waals surface area (Å²) < 4.78 is 15.6. The zero-order valence-electron chi connectivity index (χ0n) is 14.5. The van der Waals surface area contributed by atoms with Crippen LogP contribution in [0.15, 0.2) is 11.8 Å². The van der Waals surface area contributed by atoms with Gasteiger partial charge in [-0.05, 0) is 40.0 Å². The molecule has 0 amide bonds. The van der Waals surface area contributed by atoms with E-state index < -0.39 is 23.0 Å². The molecule has 0 spiro atoms. The number of methoxy groups -OCH3 is 1. The zero-order chi connectivity index (χ0) is 17.5. The van der Waals surface area contributed by atoms with Gasteiger partial charge in [0.05, 0.1) is 23.9 Å². The van der Waals surface area contributed by atoms with Crippen LogP contribution in [0.4, 0.5) is 0 Å². The van der Waals surface area contributed by atoms with E-state index in [1.807, 2.05) is 0 Å². The minimum absolute atomic E-state index is 0.129. The van der Waals surface area contributed by atoms with Gasteiger partial charge in [-0.1, -0.05) is 12.8 Å². The molecule has 0 aromatic carbocycles. The highest BCUT2D eigenvalue weighted by atomic mass is 16.6. The normalized spacial score (nSPS) is 17.8. The summed E-state index contributed by atoms with van der Waals surface area (Å²) in [5.74, 6) is -1.39. The molecular formula is C17H28O6. The van der Waals surface area contributed by atoms with Crippen molar-refractivity contribution in [1.29, 1.82) is 0 Å². The zero-order valence-corrected chi connectivity index (χ0v) is 14.5. The maximum absolute atomic E-state index is 12.4. The van der Waals surface area contributed by atoms with Gasteiger partial charge < -0.3 is 19.3 Å². The summed E-state index contributed by atoms with van der Waals surface area (Å²) in [5.41, 5.74) is -1.28. The molecule has 0 aliphatic heterocycles. The van der Waals surface area contributed by atoms with E-state index in [-0.39, 0.29) is 12.0 Å². The molecule has 1 N–H and O–H groups in total. The third-order valence-electron chi connectivity index (χ3n) is 3.84. The molecule has 1 saturated carbocycles. The number of hydrogen-bond donors (Lipinski definition) is 1. The number of hydrogen-bond acceptors (Lipinski definition) is 5. The average molecular weight is 328 g/mol. The van der Waals surface area contributed by atoms with Crippen molar-refractivity contribution in [3.8, 4) is 0 Å². The van der Waals surface area contributed by atoms with E-state index in [4.69, 9.17) is 14.2 Å². The van der Waals surface area contributed by atoms with Gasteiger partial charge in [0.2, 0.25) is 0 Å². The van der Waals surface area contributed by atoms with Crippen LogP contribution in [0.2, 0.25) is 0 Å². The molecule has 0 unspecified atom stereocenters. The van der Waals surface area contributed by atoms with Gasteiger partial charge in [-0.25, -0.2) is 4.79 Å². The second-order valence-electron chi connectivity index (χ2n) is 6.98. The minimum atomic E-state index is -0.895. The number of ether oxygens (including phenoxy) is 3. The van der Waals surface area contributed by atoms with Gasteiger partial charge in [0.25, 0.3) is 0 Å². The third kappa shape index (κ3) is 6.22. The molecule has 1 aliphatic carbocycles. The first kappa shape index (κ1) is 19.5. The Morgan fingerprint density at radius 1 is 1.17 bits per heavy atom. The number of esters is 1. The number of aliphatic carboxylic acids is 1. The average Bonchev–Trinajstić information content (AvgIpc) is 2.90. The number of rotatable bonds is 8. The number of carboxylic acids is 1. The fourth-order valence-electron chi connectivity index (χ4n) is 2.68. The fraction of sp³-hybridized carbons (Fsp3) is 0.765. The van der Waals surface area contributed by atoms with E-state index in [0.29, 0.717) is 26.1 Å². The van der Waals surface area contributed by atoms with Crippen LogP contribution in [0.3, 0.4) is 0 Å². The maximum atomic E-state index is 12.4. The Bertz CT molecular complexity index is 440. The molecule has 1 fully saturated rings. The highest BCUT2D eigenvalue weighted by Crippen LogP contribution is 2.43. The second kappa shape index (κ2) is 8.34. The number of carboxylic acid groups (broad SMARTS) is 1. The van der Waals surface area contributed by atoms with Crippen molar-refractivity contribution in [2.45, 2.75) is 58.5 Å². The SMILES string of the molecule is COCCO/C=C(/CC1(C(=O)O)CCCC1)C(=O)OC(C)(C)C. The van der Waals surface area contributed by atoms with E-state index in [0.717, 1.165) is 12.8 Å². The van der Waals surface area contributed by atoms with Gasteiger partial charge in [-0.15, -0.1) is 0 Å². The Morgan fingerprint density at radius 2 is 1.78 bits per heavy atom. The molecule has 23 heavy (non-hydrogen) atoms. The number of carbonyl (C=O) groups is 2. The summed E-state index contributed by atoms with van der Waals surface area (Å²) in [4.78, 5) is 24.1. The smallest absolute Gasteiger partial charge is 0.337 e. The highest BCUT2D eigenvalue weighted by Gasteiger charge is 2.43. The third-order valence-corrected chi connectivity index (χ3v) is 3.84. The van der Waals surface area contributed by atoms with Gasteiger partial charge in [0, 0.05) is 7.11 Å². The highest BCUT2D eigenvalue weighted by molar-refractivity contribution is 5.90. The molecular weight excluding hydrogens is 300 g/mol. The Hall–Kier alpha value is -1.56. The van der Waals surface area contributed by atoms with Crippen molar-refractivity contribution in [1.82, 2.24) is 0 Å². The standard InChI is InChI=1S/C17H28O6/c1-16(2,3)23-14(18)13(12-22-10-9-21-4)11-17(15(19)20)7-5-6-8-17/h12H,5-11H2,1-4H3,(H,19,20)/b13-12-. The van der Waals surface area contributed by atoms with E-state index in [1.54, 1.807) is 27.9 Å². The summed E-state index contributed by atoms with van der Waals surface area (Å²) >= 11 is 0. The van der Waals surface area contributed by atoms with Gasteiger partial charge in [-0.3, -0.25) is 4.79 Å². The van der Waals surface area contributed by atoms with Crippen LogP contribution in [-0.4, -0.2) is 43.0 Å². The van der Waals surface area contributed by atoms with Crippen LogP contribution in [-0.2, 0) is 23.8 Å². The van der Waals surface area contributed by atoms with Gasteiger partial charge in [0.1, 0.15) is 12.2 Å². The first-order valence-corrected chi connectivity index (χ1v) is 7.96. The lowest BCUT2D eigenvalue weighted by Crippen LogP contribution is -2.32. The molecule has 1 aliphatic rings. The fourth-order valence-corrected chi connectivity index (χ4v) is 2.68. The lowest BCUT2D eigenvalue weighted by Gasteiger charge is -2.26. The molecule has 0 heterocycles. The van der Waals surface area contributed by atoms with Crippen molar-refractivity contribution in [2.24, 2.45) is 5.41 Å². The predicted octanol–water partition coefficient (Wildman–Crippen LogP) is 2.91. The van der Waals surface area contributed by atoms with Crippen molar-refractivity contribution in [3.63, 3.8) is 0 Å². The van der Waals surface area contributed by atoms with Crippen LogP contribution >= 0.6 is 0 Å². The van der Waals surface area contributed by atoms with E-state index in [1.165, 1.54) is 6.26 Å². The minimum Gasteiger partial charge on any atom is -0.498 e. The lowest BCUT2D eigenvalue weighted by atomic mass is 9.80. The summed E-state index contributed by atoms with van der Waals surface area (Å²) in [6.07, 6.45) is 4.32. The number of carbonyl (C=O) groups excluding carboxylic acids is 1. The second-order valence-corrected chi connectivity index (χ2v) is 6.98. The topological polar surface area (TPSA) is 82.1 Å². The van der Waals surface area contributed by atoms with Gasteiger partial charge in [-0.2, -0.15) is 0 Å². The quantitative estimate of drug-likeness (QED) is 0.319. The summed E-state index contributed by atoms with van der Waals surface area (Å²) in [6.45, 7) is 6.01. The summed E-state index contributed by atoms with van der Waals surface area (Å²) in [7, 11) is 1.56.